The SMILES string of the molecule is NCC1CN(CCCF)C(=O)O1. The van der Waals surface area contributed by atoms with Gasteiger partial charge in [-0.05, 0) is 6.42 Å². The topological polar surface area (TPSA) is 55.6 Å². The minimum absolute atomic E-state index is 0.211. The molecule has 1 fully saturated rings. The molecule has 1 amide bonds. The third-order valence-electron chi connectivity index (χ3n) is 1.77. The van der Waals surface area contributed by atoms with Gasteiger partial charge in [-0.25, -0.2) is 4.79 Å². The largest absolute Gasteiger partial charge is 0.443 e. The van der Waals surface area contributed by atoms with Gasteiger partial charge >= 0.3 is 6.09 Å². The highest BCUT2D eigenvalue weighted by Crippen LogP contribution is 2.10. The fraction of sp³-hybridized carbons (Fsp3) is 0.857. The Balaban J connectivity index is 2.31. The quantitative estimate of drug-likeness (QED) is 0.662. The third-order valence-corrected chi connectivity index (χ3v) is 1.77. The van der Waals surface area contributed by atoms with Crippen molar-refractivity contribution in [3.63, 3.8) is 0 Å². The lowest BCUT2D eigenvalue weighted by atomic mass is 10.3. The fourth-order valence-corrected chi connectivity index (χ4v) is 1.13. The van der Waals surface area contributed by atoms with Gasteiger partial charge in [-0.1, -0.05) is 0 Å². The van der Waals surface area contributed by atoms with Crippen LogP contribution in [0.25, 0.3) is 0 Å². The molecule has 4 nitrogen and oxygen atoms in total. The molecular weight excluding hydrogens is 163 g/mol. The number of amides is 1. The average Bonchev–Trinajstić information content (AvgIpc) is 2.43. The van der Waals surface area contributed by atoms with Crippen molar-refractivity contribution in [1.29, 1.82) is 0 Å². The van der Waals surface area contributed by atoms with Gasteiger partial charge in [0.1, 0.15) is 6.10 Å². The number of halogens is 1. The minimum atomic E-state index is -0.406. The molecule has 0 bridgehead atoms. The van der Waals surface area contributed by atoms with E-state index in [0.717, 1.165) is 0 Å². The van der Waals surface area contributed by atoms with Crippen LogP contribution in [0.5, 0.6) is 0 Å². The zero-order chi connectivity index (χ0) is 8.97. The summed E-state index contributed by atoms with van der Waals surface area (Å²) in [5, 5.41) is 0. The van der Waals surface area contributed by atoms with Crippen LogP contribution >= 0.6 is 0 Å². The molecule has 0 aromatic heterocycles. The number of nitrogens with zero attached hydrogens (tertiary/aromatic N) is 1. The molecule has 12 heavy (non-hydrogen) atoms. The molecule has 0 aromatic rings. The van der Waals surface area contributed by atoms with Gasteiger partial charge < -0.3 is 15.4 Å². The number of rotatable bonds is 4. The summed E-state index contributed by atoms with van der Waals surface area (Å²) >= 11 is 0. The Morgan fingerprint density at radius 1 is 1.75 bits per heavy atom. The molecule has 1 atom stereocenters. The summed E-state index contributed by atoms with van der Waals surface area (Å²) in [5.41, 5.74) is 5.31. The fourth-order valence-electron chi connectivity index (χ4n) is 1.13. The van der Waals surface area contributed by atoms with Gasteiger partial charge in [0.05, 0.1) is 13.2 Å². The van der Waals surface area contributed by atoms with Crippen molar-refractivity contribution >= 4 is 6.09 Å². The van der Waals surface area contributed by atoms with Crippen molar-refractivity contribution < 1.29 is 13.9 Å². The highest BCUT2D eigenvalue weighted by atomic mass is 19.1. The highest BCUT2D eigenvalue weighted by Gasteiger charge is 2.29. The van der Waals surface area contributed by atoms with E-state index < -0.39 is 6.67 Å². The first-order valence-corrected chi connectivity index (χ1v) is 3.99. The highest BCUT2D eigenvalue weighted by molar-refractivity contribution is 5.69. The predicted octanol–water partition coefficient (Wildman–Crippen LogP) is 0.125. The summed E-state index contributed by atoms with van der Waals surface area (Å²) in [5.74, 6) is 0. The van der Waals surface area contributed by atoms with E-state index in [-0.39, 0.29) is 12.2 Å². The summed E-state index contributed by atoms with van der Waals surface area (Å²) in [4.78, 5) is 12.5. The summed E-state index contributed by atoms with van der Waals surface area (Å²) < 4.78 is 16.6. The monoisotopic (exact) mass is 176 g/mol. The van der Waals surface area contributed by atoms with Crippen molar-refractivity contribution in [3.8, 4) is 0 Å². The van der Waals surface area contributed by atoms with Crippen LogP contribution < -0.4 is 5.73 Å². The standard InChI is InChI=1S/C7H13FN2O2/c8-2-1-3-10-5-6(4-9)12-7(10)11/h6H,1-5,9H2. The van der Waals surface area contributed by atoms with Crippen molar-refractivity contribution in [2.75, 3.05) is 26.3 Å². The minimum Gasteiger partial charge on any atom is -0.443 e. The summed E-state index contributed by atoms with van der Waals surface area (Å²) in [7, 11) is 0. The second-order valence-electron chi connectivity index (χ2n) is 2.73. The van der Waals surface area contributed by atoms with Crippen molar-refractivity contribution in [2.45, 2.75) is 12.5 Å². The van der Waals surface area contributed by atoms with Crippen LogP contribution in [0.1, 0.15) is 6.42 Å². The van der Waals surface area contributed by atoms with Gasteiger partial charge in [0.25, 0.3) is 0 Å². The summed E-state index contributed by atoms with van der Waals surface area (Å²) in [6.07, 6.45) is -0.220. The number of carbonyl (C=O) groups excluding carboxylic acids is 1. The van der Waals surface area contributed by atoms with Crippen LogP contribution in [-0.2, 0) is 4.74 Å². The van der Waals surface area contributed by atoms with E-state index in [1.807, 2.05) is 0 Å². The average molecular weight is 176 g/mol. The number of hydrogen-bond donors (Lipinski definition) is 1. The number of hydrogen-bond acceptors (Lipinski definition) is 3. The third kappa shape index (κ3) is 2.07. The number of alkyl halides is 1. The molecule has 0 spiro atoms. The van der Waals surface area contributed by atoms with Crippen LogP contribution in [-0.4, -0.2) is 43.4 Å². The van der Waals surface area contributed by atoms with Crippen LogP contribution in [0.3, 0.4) is 0 Å². The van der Waals surface area contributed by atoms with E-state index in [0.29, 0.717) is 26.1 Å². The zero-order valence-corrected chi connectivity index (χ0v) is 6.83. The lowest BCUT2D eigenvalue weighted by Crippen LogP contribution is -2.28. The Morgan fingerprint density at radius 2 is 2.50 bits per heavy atom. The molecule has 1 saturated heterocycles. The molecular formula is C7H13FN2O2. The van der Waals surface area contributed by atoms with Gasteiger partial charge in [0.15, 0.2) is 0 Å². The first-order valence-electron chi connectivity index (χ1n) is 3.99. The molecule has 0 saturated carbocycles. The van der Waals surface area contributed by atoms with Crippen molar-refractivity contribution in [3.05, 3.63) is 0 Å². The molecule has 1 aliphatic rings. The van der Waals surface area contributed by atoms with Gasteiger partial charge in [-0.2, -0.15) is 0 Å². The Bertz CT molecular complexity index is 165. The molecule has 0 aliphatic carbocycles. The molecule has 70 valence electrons. The Kier molecular flexibility index (Phi) is 3.28. The molecule has 1 heterocycles. The van der Waals surface area contributed by atoms with E-state index in [4.69, 9.17) is 10.5 Å². The van der Waals surface area contributed by atoms with E-state index in [9.17, 15) is 9.18 Å². The van der Waals surface area contributed by atoms with E-state index in [2.05, 4.69) is 0 Å². The summed E-state index contributed by atoms with van der Waals surface area (Å²) in [6, 6.07) is 0. The maximum atomic E-state index is 11.7. The number of cyclic esters (lactones) is 1. The normalized spacial score (nSPS) is 23.0. The molecule has 5 heteroatoms. The Hall–Kier alpha value is -0.840. The zero-order valence-electron chi connectivity index (χ0n) is 6.83. The number of ether oxygens (including phenoxy) is 1. The second kappa shape index (κ2) is 4.25. The maximum absolute atomic E-state index is 11.7. The Labute approximate surface area is 70.5 Å². The van der Waals surface area contributed by atoms with E-state index in [1.165, 1.54) is 4.90 Å². The van der Waals surface area contributed by atoms with E-state index >= 15 is 0 Å². The molecule has 2 N–H and O–H groups in total. The lowest BCUT2D eigenvalue weighted by Gasteiger charge is -2.10. The summed E-state index contributed by atoms with van der Waals surface area (Å²) in [6.45, 7) is 0.843. The van der Waals surface area contributed by atoms with Gasteiger partial charge in [0, 0.05) is 13.1 Å². The van der Waals surface area contributed by atoms with Gasteiger partial charge in [-0.3, -0.25) is 4.39 Å². The van der Waals surface area contributed by atoms with Crippen molar-refractivity contribution in [2.24, 2.45) is 5.73 Å². The molecule has 1 aliphatic heterocycles. The van der Waals surface area contributed by atoms with Crippen LogP contribution in [0.2, 0.25) is 0 Å². The predicted molar refractivity (Wildman–Crippen MR) is 41.5 cm³/mol. The van der Waals surface area contributed by atoms with E-state index in [1.54, 1.807) is 0 Å². The van der Waals surface area contributed by atoms with Crippen LogP contribution in [0.15, 0.2) is 0 Å². The van der Waals surface area contributed by atoms with Gasteiger partial charge in [0.2, 0.25) is 0 Å². The first kappa shape index (κ1) is 9.25. The van der Waals surface area contributed by atoms with Crippen LogP contribution in [0, 0.1) is 0 Å². The Morgan fingerprint density at radius 3 is 3.00 bits per heavy atom. The molecule has 0 aromatic carbocycles. The number of carbonyl (C=O) groups is 1. The van der Waals surface area contributed by atoms with Gasteiger partial charge in [-0.15, -0.1) is 0 Å². The molecule has 0 radical (unpaired) electrons. The van der Waals surface area contributed by atoms with Crippen molar-refractivity contribution in [1.82, 2.24) is 4.90 Å². The maximum Gasteiger partial charge on any atom is 0.410 e. The molecule has 1 unspecified atom stereocenters. The smallest absolute Gasteiger partial charge is 0.410 e. The van der Waals surface area contributed by atoms with Crippen LogP contribution in [0.4, 0.5) is 9.18 Å². The second-order valence-corrected chi connectivity index (χ2v) is 2.73. The molecule has 1 rings (SSSR count). The lowest BCUT2D eigenvalue weighted by molar-refractivity contribution is 0.134. The number of nitrogens with two attached hydrogens (primary N) is 1. The first-order chi connectivity index (χ1) is 5.77.